The number of carbonyl (C=O) groups is 3. The summed E-state index contributed by atoms with van der Waals surface area (Å²) in [5.74, 6) is -1.19. The van der Waals surface area contributed by atoms with E-state index in [9.17, 15) is 14.4 Å². The second-order valence-corrected chi connectivity index (χ2v) is 4.73. The average molecular weight is 275 g/mol. The van der Waals surface area contributed by atoms with Crippen LogP contribution in [-0.4, -0.2) is 35.2 Å². The highest BCUT2D eigenvalue weighted by atomic mass is 16.2. The van der Waals surface area contributed by atoms with Crippen LogP contribution in [0.5, 0.6) is 0 Å². The molecule has 3 N–H and O–H groups in total. The zero-order valence-electron chi connectivity index (χ0n) is 11.0. The van der Waals surface area contributed by atoms with Gasteiger partial charge in [-0.25, -0.2) is 0 Å². The summed E-state index contributed by atoms with van der Waals surface area (Å²) in [7, 11) is 0. The molecule has 0 radical (unpaired) electrons. The Labute approximate surface area is 116 Å². The van der Waals surface area contributed by atoms with Gasteiger partial charge in [0, 0.05) is 13.0 Å². The van der Waals surface area contributed by atoms with Gasteiger partial charge in [-0.3, -0.25) is 19.3 Å². The predicted molar refractivity (Wildman–Crippen MR) is 72.2 cm³/mol. The Kier molecular flexibility index (Phi) is 4.47. The quantitative estimate of drug-likeness (QED) is 0.743. The maximum absolute atomic E-state index is 11.8. The first-order valence-corrected chi connectivity index (χ1v) is 6.48. The molecule has 0 saturated carbocycles. The summed E-state index contributed by atoms with van der Waals surface area (Å²) in [5, 5.41) is 2.68. The van der Waals surface area contributed by atoms with Gasteiger partial charge in [0.1, 0.15) is 6.54 Å². The molecule has 1 aromatic rings. The number of rotatable bonds is 4. The average Bonchev–Trinajstić information content (AvgIpc) is 2.46. The van der Waals surface area contributed by atoms with Gasteiger partial charge in [0.2, 0.25) is 17.7 Å². The lowest BCUT2D eigenvalue weighted by molar-refractivity contribution is -0.151. The number of benzene rings is 1. The van der Waals surface area contributed by atoms with Crippen LogP contribution in [-0.2, 0) is 20.9 Å². The largest absolute Gasteiger partial charge is 0.350 e. The van der Waals surface area contributed by atoms with E-state index in [1.807, 2.05) is 30.3 Å². The molecular formula is C14H17N3O3. The van der Waals surface area contributed by atoms with Crippen molar-refractivity contribution in [3.63, 3.8) is 0 Å². The van der Waals surface area contributed by atoms with E-state index < -0.39 is 11.9 Å². The Balaban J connectivity index is 1.87. The van der Waals surface area contributed by atoms with E-state index in [1.54, 1.807) is 0 Å². The third-order valence-corrected chi connectivity index (χ3v) is 3.19. The lowest BCUT2D eigenvalue weighted by atomic mass is 10.1. The highest BCUT2D eigenvalue weighted by Gasteiger charge is 2.33. The number of imide groups is 1. The van der Waals surface area contributed by atoms with Crippen molar-refractivity contribution in [2.24, 2.45) is 5.73 Å². The van der Waals surface area contributed by atoms with E-state index in [-0.39, 0.29) is 24.8 Å². The number of hydrogen-bond donors (Lipinski definition) is 2. The molecule has 6 nitrogen and oxygen atoms in total. The molecule has 1 aliphatic heterocycles. The van der Waals surface area contributed by atoms with Crippen molar-refractivity contribution in [3.05, 3.63) is 35.9 Å². The number of nitrogens with one attached hydrogen (secondary N) is 1. The molecule has 0 spiro atoms. The van der Waals surface area contributed by atoms with Gasteiger partial charge in [-0.2, -0.15) is 0 Å². The number of amides is 3. The first kappa shape index (κ1) is 14.2. The Morgan fingerprint density at radius 1 is 1.30 bits per heavy atom. The summed E-state index contributed by atoms with van der Waals surface area (Å²) < 4.78 is 0. The lowest BCUT2D eigenvalue weighted by Crippen LogP contribution is -2.54. The van der Waals surface area contributed by atoms with E-state index in [0.29, 0.717) is 13.0 Å². The van der Waals surface area contributed by atoms with Crippen LogP contribution in [0, 0.1) is 0 Å². The van der Waals surface area contributed by atoms with Crippen LogP contribution in [0.15, 0.2) is 30.3 Å². The van der Waals surface area contributed by atoms with Crippen LogP contribution in [0.25, 0.3) is 0 Å². The number of likely N-dealkylation sites (tertiary alicyclic amines) is 1. The number of hydrogen-bond acceptors (Lipinski definition) is 4. The van der Waals surface area contributed by atoms with Gasteiger partial charge < -0.3 is 11.1 Å². The Hall–Kier alpha value is -2.21. The van der Waals surface area contributed by atoms with Crippen molar-refractivity contribution in [2.75, 3.05) is 6.54 Å². The molecule has 20 heavy (non-hydrogen) atoms. The second kappa shape index (κ2) is 6.29. The molecule has 1 aliphatic rings. The molecule has 106 valence electrons. The Morgan fingerprint density at radius 2 is 2.00 bits per heavy atom. The van der Waals surface area contributed by atoms with E-state index in [4.69, 9.17) is 5.73 Å². The molecule has 1 fully saturated rings. The molecule has 3 amide bonds. The van der Waals surface area contributed by atoms with Gasteiger partial charge >= 0.3 is 0 Å². The highest BCUT2D eigenvalue weighted by molar-refractivity contribution is 6.03. The fraction of sp³-hybridized carbons (Fsp3) is 0.357. The first-order chi connectivity index (χ1) is 9.58. The minimum atomic E-state index is -0.686. The minimum absolute atomic E-state index is 0.207. The third kappa shape index (κ3) is 3.42. The van der Waals surface area contributed by atoms with Crippen molar-refractivity contribution in [3.8, 4) is 0 Å². The number of nitrogens with zero attached hydrogens (tertiary/aromatic N) is 1. The van der Waals surface area contributed by atoms with Crippen molar-refractivity contribution >= 4 is 17.7 Å². The SMILES string of the molecule is NC1CCC(=O)N(CC(=O)NCc2ccccc2)C1=O. The van der Waals surface area contributed by atoms with Crippen LogP contribution in [0.1, 0.15) is 18.4 Å². The maximum Gasteiger partial charge on any atom is 0.246 e. The summed E-state index contributed by atoms with van der Waals surface area (Å²) in [5.41, 5.74) is 6.55. The Bertz CT molecular complexity index is 516. The minimum Gasteiger partial charge on any atom is -0.350 e. The van der Waals surface area contributed by atoms with Gasteiger partial charge in [0.05, 0.1) is 6.04 Å². The summed E-state index contributed by atoms with van der Waals surface area (Å²) in [4.78, 5) is 36.1. The van der Waals surface area contributed by atoms with Gasteiger partial charge in [-0.15, -0.1) is 0 Å². The normalized spacial score (nSPS) is 19.1. The molecule has 1 heterocycles. The summed E-state index contributed by atoms with van der Waals surface area (Å²) in [6, 6.07) is 8.71. The molecule has 6 heteroatoms. The fourth-order valence-electron chi connectivity index (χ4n) is 2.02. The summed E-state index contributed by atoms with van der Waals surface area (Å²) in [6.45, 7) is 0.0974. The summed E-state index contributed by atoms with van der Waals surface area (Å²) in [6.07, 6.45) is 0.554. The number of nitrogens with two attached hydrogens (primary N) is 1. The highest BCUT2D eigenvalue weighted by Crippen LogP contribution is 2.11. The monoisotopic (exact) mass is 275 g/mol. The van der Waals surface area contributed by atoms with Crippen molar-refractivity contribution < 1.29 is 14.4 Å². The first-order valence-electron chi connectivity index (χ1n) is 6.48. The van der Waals surface area contributed by atoms with Crippen LogP contribution in [0.2, 0.25) is 0 Å². The molecule has 1 atom stereocenters. The van der Waals surface area contributed by atoms with E-state index in [2.05, 4.69) is 5.32 Å². The van der Waals surface area contributed by atoms with Crippen molar-refractivity contribution in [1.82, 2.24) is 10.2 Å². The standard InChI is InChI=1S/C14H17N3O3/c15-11-6-7-13(19)17(14(11)20)9-12(18)16-8-10-4-2-1-3-5-10/h1-5,11H,6-9,15H2,(H,16,18). The molecule has 1 saturated heterocycles. The van der Waals surface area contributed by atoms with Crippen molar-refractivity contribution in [1.29, 1.82) is 0 Å². The van der Waals surface area contributed by atoms with E-state index >= 15 is 0 Å². The predicted octanol–water partition coefficient (Wildman–Crippen LogP) is -0.221. The number of piperidine rings is 1. The molecular weight excluding hydrogens is 258 g/mol. The summed E-state index contributed by atoms with van der Waals surface area (Å²) >= 11 is 0. The van der Waals surface area contributed by atoms with E-state index in [0.717, 1.165) is 10.5 Å². The van der Waals surface area contributed by atoms with E-state index in [1.165, 1.54) is 0 Å². The van der Waals surface area contributed by atoms with Crippen LogP contribution in [0.3, 0.4) is 0 Å². The topological polar surface area (TPSA) is 92.5 Å². The molecule has 0 aliphatic carbocycles. The molecule has 1 unspecified atom stereocenters. The molecule has 0 bridgehead atoms. The van der Waals surface area contributed by atoms with Gasteiger partial charge in [-0.1, -0.05) is 30.3 Å². The lowest BCUT2D eigenvalue weighted by Gasteiger charge is -2.28. The van der Waals surface area contributed by atoms with Crippen LogP contribution >= 0.6 is 0 Å². The van der Waals surface area contributed by atoms with Gasteiger partial charge in [0.15, 0.2) is 0 Å². The zero-order chi connectivity index (χ0) is 14.5. The maximum atomic E-state index is 11.8. The number of carbonyl (C=O) groups excluding carboxylic acids is 3. The third-order valence-electron chi connectivity index (χ3n) is 3.19. The smallest absolute Gasteiger partial charge is 0.246 e. The Morgan fingerprint density at radius 3 is 2.70 bits per heavy atom. The zero-order valence-corrected chi connectivity index (χ0v) is 11.0. The second-order valence-electron chi connectivity index (χ2n) is 4.73. The molecule has 0 aromatic heterocycles. The fourth-order valence-corrected chi connectivity index (χ4v) is 2.02. The van der Waals surface area contributed by atoms with Crippen LogP contribution in [0.4, 0.5) is 0 Å². The molecule has 2 rings (SSSR count). The van der Waals surface area contributed by atoms with Crippen molar-refractivity contribution in [2.45, 2.75) is 25.4 Å². The molecule has 1 aromatic carbocycles. The van der Waals surface area contributed by atoms with Crippen LogP contribution < -0.4 is 11.1 Å². The van der Waals surface area contributed by atoms with Gasteiger partial charge in [0.25, 0.3) is 0 Å². The van der Waals surface area contributed by atoms with Gasteiger partial charge in [-0.05, 0) is 12.0 Å².